The summed E-state index contributed by atoms with van der Waals surface area (Å²) in [6.45, 7) is 4.62. The van der Waals surface area contributed by atoms with E-state index in [0.29, 0.717) is 0 Å². The summed E-state index contributed by atoms with van der Waals surface area (Å²) in [7, 11) is 0. The Kier molecular flexibility index (Phi) is 18.9. The smallest absolute Gasteiger partial charge is 0.128 e. The SMILES string of the molecule is CCCCCC[CH2][Zn]([CH2]CCCCCC)[c]1ccccc1.NC(=S)S. The van der Waals surface area contributed by atoms with E-state index in [0.717, 1.165) is 0 Å². The molecule has 0 saturated heterocycles. The Balaban J connectivity index is 0.00000129. The van der Waals surface area contributed by atoms with E-state index >= 15 is 0 Å². The van der Waals surface area contributed by atoms with Crippen LogP contribution in [0.2, 0.25) is 10.0 Å². The fourth-order valence-electron chi connectivity index (χ4n) is 3.56. The molecule has 0 saturated carbocycles. The average molecular weight is 434 g/mol. The van der Waals surface area contributed by atoms with Crippen LogP contribution in [0.4, 0.5) is 0 Å². The van der Waals surface area contributed by atoms with Crippen molar-refractivity contribution < 1.29 is 16.0 Å². The number of benzene rings is 1. The maximum atomic E-state index is 4.71. The Hall–Kier alpha value is 0.0834. The van der Waals surface area contributed by atoms with Crippen LogP contribution < -0.4 is 9.89 Å². The van der Waals surface area contributed by atoms with Gasteiger partial charge in [-0.25, -0.2) is 0 Å². The molecule has 0 radical (unpaired) electrons. The summed E-state index contributed by atoms with van der Waals surface area (Å²) in [5.41, 5.74) is 4.71. The van der Waals surface area contributed by atoms with E-state index in [1.54, 1.807) is 14.2 Å². The number of nitrogens with two attached hydrogens (primary N) is 1. The molecule has 0 aliphatic heterocycles. The van der Waals surface area contributed by atoms with Gasteiger partial charge in [0, 0.05) is 0 Å². The molecule has 0 bridgehead atoms. The maximum Gasteiger partial charge on any atom is 0.128 e. The number of thiocarbonyl (C=S) groups is 1. The Labute approximate surface area is 172 Å². The molecule has 1 rings (SSSR count). The fourth-order valence-corrected chi connectivity index (χ4v) is 12.0. The van der Waals surface area contributed by atoms with Crippen molar-refractivity contribution in [3.8, 4) is 0 Å². The van der Waals surface area contributed by atoms with Gasteiger partial charge in [-0.15, -0.1) is 12.6 Å². The normalized spacial score (nSPS) is 10.0. The molecule has 25 heavy (non-hydrogen) atoms. The molecule has 0 aromatic heterocycles. The van der Waals surface area contributed by atoms with Gasteiger partial charge in [0.1, 0.15) is 4.32 Å². The van der Waals surface area contributed by atoms with Crippen molar-refractivity contribution in [3.05, 3.63) is 30.3 Å². The second-order valence-corrected chi connectivity index (χ2v) is 16.7. The average Bonchev–Trinajstić information content (AvgIpc) is 2.60. The van der Waals surface area contributed by atoms with E-state index in [-0.39, 0.29) is 4.32 Å². The van der Waals surface area contributed by atoms with Crippen LogP contribution in [0, 0.1) is 0 Å². The quantitative estimate of drug-likeness (QED) is 0.154. The minimum atomic E-state index is -1.44. The molecule has 141 valence electrons. The van der Waals surface area contributed by atoms with E-state index in [4.69, 9.17) is 5.73 Å². The number of hydrogen-bond donors (Lipinski definition) is 2. The molecule has 0 aliphatic rings. The summed E-state index contributed by atoms with van der Waals surface area (Å²) in [4.78, 5) is 0. The molecule has 0 unspecified atom stereocenters. The standard InChI is InChI=1S/2C7H15.C6H5.CH3NS2.Zn/c2*1-3-5-7-6-4-2;1-2-4-6-5-3-1;2-1(3)4;/h2*1,3-7H2,2H3;1-5H;(H3,2,3,4);. The second kappa shape index (κ2) is 18.9. The Bertz CT molecular complexity index is 394. The molecule has 2 N–H and O–H groups in total. The molecule has 0 heterocycles. The predicted molar refractivity (Wildman–Crippen MR) is 119 cm³/mol. The van der Waals surface area contributed by atoms with Crippen molar-refractivity contribution in [1.82, 2.24) is 0 Å². The van der Waals surface area contributed by atoms with Gasteiger partial charge in [0.15, 0.2) is 0 Å². The summed E-state index contributed by atoms with van der Waals surface area (Å²) in [5.74, 6) is 0. The Morgan fingerprint density at radius 2 is 1.24 bits per heavy atom. The number of hydrogen-bond acceptors (Lipinski definition) is 1. The predicted octanol–water partition coefficient (Wildman–Crippen LogP) is 6.87. The molecule has 0 spiro atoms. The van der Waals surface area contributed by atoms with Crippen molar-refractivity contribution >= 4 is 33.3 Å². The van der Waals surface area contributed by atoms with Crippen molar-refractivity contribution in [1.29, 1.82) is 0 Å². The van der Waals surface area contributed by atoms with Crippen molar-refractivity contribution in [2.75, 3.05) is 0 Å². The van der Waals surface area contributed by atoms with Gasteiger partial charge in [-0.3, -0.25) is 0 Å². The third-order valence-electron chi connectivity index (χ3n) is 4.98. The zero-order valence-electron chi connectivity index (χ0n) is 16.5. The molecule has 0 fully saturated rings. The van der Waals surface area contributed by atoms with Gasteiger partial charge in [0.2, 0.25) is 0 Å². The van der Waals surface area contributed by atoms with Crippen molar-refractivity contribution in [2.45, 2.75) is 88.1 Å². The van der Waals surface area contributed by atoms with Gasteiger partial charge in [-0.2, -0.15) is 0 Å². The summed E-state index contributed by atoms with van der Waals surface area (Å²) in [5, 5.41) is 3.20. The van der Waals surface area contributed by atoms with Crippen LogP contribution in [-0.2, 0) is 16.0 Å². The van der Waals surface area contributed by atoms with Crippen LogP contribution in [0.3, 0.4) is 0 Å². The number of rotatable bonds is 13. The molecule has 0 atom stereocenters. The molecule has 1 aromatic carbocycles. The minimum Gasteiger partial charge on any atom is -0.385 e. The van der Waals surface area contributed by atoms with E-state index in [9.17, 15) is 0 Å². The monoisotopic (exact) mass is 432 g/mol. The topological polar surface area (TPSA) is 26.0 Å². The molecule has 0 amide bonds. The van der Waals surface area contributed by atoms with Crippen LogP contribution in [0.15, 0.2) is 30.3 Å². The summed E-state index contributed by atoms with van der Waals surface area (Å²) in [6.07, 6.45) is 14.5. The van der Waals surface area contributed by atoms with Gasteiger partial charge >= 0.3 is 139 Å². The maximum absolute atomic E-state index is 4.71. The molecule has 1 aromatic rings. The number of unbranched alkanes of at least 4 members (excludes halogenated alkanes) is 8. The first-order chi connectivity index (χ1) is 12.1. The van der Waals surface area contributed by atoms with Crippen molar-refractivity contribution in [3.63, 3.8) is 0 Å². The number of thiol groups is 1. The van der Waals surface area contributed by atoms with E-state index < -0.39 is 16.0 Å². The first-order valence-corrected chi connectivity index (χ1v) is 16.9. The largest absolute Gasteiger partial charge is 0.385 e. The van der Waals surface area contributed by atoms with Crippen LogP contribution in [0.25, 0.3) is 0 Å². The van der Waals surface area contributed by atoms with Gasteiger partial charge in [-0.1, -0.05) is 12.2 Å². The van der Waals surface area contributed by atoms with E-state index in [2.05, 4.69) is 69.0 Å². The minimum absolute atomic E-state index is 0.194. The Morgan fingerprint density at radius 3 is 1.64 bits per heavy atom. The zero-order chi connectivity index (χ0) is 18.8. The third-order valence-corrected chi connectivity index (χ3v) is 14.1. The van der Waals surface area contributed by atoms with Crippen molar-refractivity contribution in [2.24, 2.45) is 5.73 Å². The Morgan fingerprint density at radius 1 is 0.840 bits per heavy atom. The van der Waals surface area contributed by atoms with Gasteiger partial charge < -0.3 is 5.73 Å². The van der Waals surface area contributed by atoms with Crippen LogP contribution in [0.5, 0.6) is 0 Å². The van der Waals surface area contributed by atoms with Gasteiger partial charge in [0.25, 0.3) is 0 Å². The second-order valence-electron chi connectivity index (χ2n) is 7.21. The zero-order valence-corrected chi connectivity index (χ0v) is 21.2. The molecular weight excluding hydrogens is 396 g/mol. The summed E-state index contributed by atoms with van der Waals surface area (Å²) < 4.78 is 1.98. The molecular formula is C21H38NS2Zn. The summed E-state index contributed by atoms with van der Waals surface area (Å²) >= 11 is 6.21. The first-order valence-electron chi connectivity index (χ1n) is 10.4. The third kappa shape index (κ3) is 17.3. The van der Waals surface area contributed by atoms with Crippen LogP contribution >= 0.6 is 24.8 Å². The molecule has 0 aliphatic carbocycles. The van der Waals surface area contributed by atoms with Gasteiger partial charge in [-0.05, 0) is 0 Å². The molecule has 4 heteroatoms. The first kappa shape index (κ1) is 25.1. The fraction of sp³-hybridized carbons (Fsp3) is 0.667. The van der Waals surface area contributed by atoms with E-state index in [1.807, 2.05) is 0 Å². The summed E-state index contributed by atoms with van der Waals surface area (Å²) in [6, 6.07) is 11.5. The van der Waals surface area contributed by atoms with E-state index in [1.165, 1.54) is 64.2 Å². The van der Waals surface area contributed by atoms with Crippen LogP contribution in [-0.4, -0.2) is 4.32 Å². The van der Waals surface area contributed by atoms with Crippen LogP contribution in [0.1, 0.15) is 78.1 Å². The van der Waals surface area contributed by atoms with Gasteiger partial charge in [0.05, 0.1) is 0 Å². The molecule has 1 nitrogen and oxygen atoms in total.